The summed E-state index contributed by atoms with van der Waals surface area (Å²) >= 11 is 0. The summed E-state index contributed by atoms with van der Waals surface area (Å²) in [4.78, 5) is 22.5. The van der Waals surface area contributed by atoms with Gasteiger partial charge in [-0.25, -0.2) is 0 Å². The van der Waals surface area contributed by atoms with Crippen LogP contribution in [0, 0.1) is 0 Å². The van der Waals surface area contributed by atoms with Crippen molar-refractivity contribution in [3.05, 3.63) is 53.7 Å². The molecule has 0 saturated heterocycles. The molecule has 2 amide bonds. The first-order valence-electron chi connectivity index (χ1n) is 8.53. The zero-order valence-corrected chi connectivity index (χ0v) is 15.3. The lowest BCUT2D eigenvalue weighted by molar-refractivity contribution is -0.124. The van der Waals surface area contributed by atoms with Crippen LogP contribution in [-0.4, -0.2) is 28.3 Å². The number of rotatable bonds is 4. The predicted molar refractivity (Wildman–Crippen MR) is 101 cm³/mol. The van der Waals surface area contributed by atoms with Gasteiger partial charge in [0.15, 0.2) is 29.1 Å². The highest BCUT2D eigenvalue weighted by Crippen LogP contribution is 2.41. The van der Waals surface area contributed by atoms with Crippen LogP contribution in [0.5, 0.6) is 23.0 Å². The molecule has 3 rings (SSSR count). The highest BCUT2D eigenvalue weighted by Gasteiger charge is 2.34. The molecule has 146 valence electrons. The van der Waals surface area contributed by atoms with Crippen LogP contribution < -0.4 is 20.1 Å². The van der Waals surface area contributed by atoms with Crippen LogP contribution in [0.1, 0.15) is 31.1 Å². The average Bonchev–Trinajstić information content (AvgIpc) is 2.63. The molecular formula is C20H20N2O6. The average molecular weight is 384 g/mol. The molecule has 2 atom stereocenters. The molecule has 1 aliphatic heterocycles. The van der Waals surface area contributed by atoms with Crippen molar-refractivity contribution in [3.8, 4) is 23.0 Å². The lowest BCUT2D eigenvalue weighted by atomic mass is 10.1. The maximum Gasteiger partial charge on any atom is 0.220 e. The number of hydrogen-bond donors (Lipinski definition) is 4. The summed E-state index contributed by atoms with van der Waals surface area (Å²) in [7, 11) is 0. The molecule has 1 aliphatic rings. The van der Waals surface area contributed by atoms with Gasteiger partial charge in [0.1, 0.15) is 0 Å². The summed E-state index contributed by atoms with van der Waals surface area (Å²) < 4.78 is 11.9. The van der Waals surface area contributed by atoms with Crippen molar-refractivity contribution in [2.75, 3.05) is 0 Å². The Morgan fingerprint density at radius 1 is 0.964 bits per heavy atom. The molecule has 0 unspecified atom stereocenters. The summed E-state index contributed by atoms with van der Waals surface area (Å²) in [5, 5.41) is 24.6. The largest absolute Gasteiger partial charge is 0.504 e. The van der Waals surface area contributed by atoms with E-state index in [2.05, 4.69) is 10.6 Å². The van der Waals surface area contributed by atoms with Gasteiger partial charge in [-0.2, -0.15) is 0 Å². The second-order valence-corrected chi connectivity index (χ2v) is 6.27. The van der Waals surface area contributed by atoms with Gasteiger partial charge in [-0.3, -0.25) is 9.59 Å². The molecule has 0 saturated carbocycles. The topological polar surface area (TPSA) is 117 Å². The van der Waals surface area contributed by atoms with Crippen LogP contribution in [0.15, 0.2) is 42.6 Å². The number of phenolic OH excluding ortho intramolecular Hbond substituents is 2. The first-order chi connectivity index (χ1) is 13.3. The number of aromatic hydroxyl groups is 2. The summed E-state index contributed by atoms with van der Waals surface area (Å²) in [6, 6.07) is 9.46. The summed E-state index contributed by atoms with van der Waals surface area (Å²) in [6.07, 6.45) is 1.64. The zero-order chi connectivity index (χ0) is 20.3. The van der Waals surface area contributed by atoms with Gasteiger partial charge in [-0.05, 0) is 35.9 Å². The number of carbonyl (C=O) groups is 2. The Hall–Kier alpha value is -3.68. The zero-order valence-electron chi connectivity index (χ0n) is 15.3. The first kappa shape index (κ1) is 19.1. The molecule has 2 aromatic carbocycles. The molecule has 0 spiro atoms. The van der Waals surface area contributed by atoms with Gasteiger partial charge in [0.2, 0.25) is 18.0 Å². The number of amides is 2. The Kier molecular flexibility index (Phi) is 5.39. The van der Waals surface area contributed by atoms with Gasteiger partial charge in [-0.1, -0.05) is 12.1 Å². The second kappa shape index (κ2) is 7.91. The first-order valence-corrected chi connectivity index (χ1v) is 8.53. The van der Waals surface area contributed by atoms with Crippen molar-refractivity contribution in [3.63, 3.8) is 0 Å². The molecule has 4 N–H and O–H groups in total. The summed E-state index contributed by atoms with van der Waals surface area (Å²) in [5.41, 5.74) is 1.28. The van der Waals surface area contributed by atoms with Gasteiger partial charge in [-0.15, -0.1) is 0 Å². The molecule has 0 fully saturated rings. The van der Waals surface area contributed by atoms with Gasteiger partial charge in [0.25, 0.3) is 0 Å². The molecule has 0 bridgehead atoms. The van der Waals surface area contributed by atoms with E-state index in [-0.39, 0.29) is 23.3 Å². The maximum absolute atomic E-state index is 11.6. The Labute approximate surface area is 161 Å². The fourth-order valence-electron chi connectivity index (χ4n) is 2.74. The number of benzene rings is 2. The van der Waals surface area contributed by atoms with E-state index in [9.17, 15) is 19.8 Å². The predicted octanol–water partition coefficient (Wildman–Crippen LogP) is 2.18. The fourth-order valence-corrected chi connectivity index (χ4v) is 2.74. The van der Waals surface area contributed by atoms with E-state index in [1.807, 2.05) is 0 Å². The molecule has 0 aromatic heterocycles. The van der Waals surface area contributed by atoms with Gasteiger partial charge >= 0.3 is 0 Å². The van der Waals surface area contributed by atoms with Gasteiger partial charge in [0, 0.05) is 25.6 Å². The van der Waals surface area contributed by atoms with Crippen molar-refractivity contribution < 1.29 is 29.3 Å². The quantitative estimate of drug-likeness (QED) is 0.601. The summed E-state index contributed by atoms with van der Waals surface area (Å²) in [5.74, 6) is -0.180. The Morgan fingerprint density at radius 3 is 2.43 bits per heavy atom. The SMILES string of the molecule is CC(=O)NC=Cc1ccc2c(c1)O[C@H](c1ccc(O)c(O)c1)[C@@H](NC(C)=O)O2. The van der Waals surface area contributed by atoms with Gasteiger partial charge < -0.3 is 30.3 Å². The highest BCUT2D eigenvalue weighted by atomic mass is 16.6. The van der Waals surface area contributed by atoms with Crippen LogP contribution in [0.4, 0.5) is 0 Å². The van der Waals surface area contributed by atoms with Crippen LogP contribution in [0.25, 0.3) is 6.08 Å². The second-order valence-electron chi connectivity index (χ2n) is 6.27. The van der Waals surface area contributed by atoms with Gasteiger partial charge in [0.05, 0.1) is 0 Å². The third-order valence-corrected chi connectivity index (χ3v) is 3.99. The maximum atomic E-state index is 11.6. The number of nitrogens with one attached hydrogen (secondary N) is 2. The molecule has 8 heteroatoms. The van der Waals surface area contributed by atoms with E-state index >= 15 is 0 Å². The van der Waals surface area contributed by atoms with E-state index in [1.54, 1.807) is 30.3 Å². The fraction of sp³-hybridized carbons (Fsp3) is 0.200. The number of carbonyl (C=O) groups excluding carboxylic acids is 2. The van der Waals surface area contributed by atoms with Crippen molar-refractivity contribution in [1.82, 2.24) is 10.6 Å². The van der Waals surface area contributed by atoms with Crippen molar-refractivity contribution >= 4 is 17.9 Å². The van der Waals surface area contributed by atoms with E-state index < -0.39 is 12.3 Å². The van der Waals surface area contributed by atoms with Crippen LogP contribution in [-0.2, 0) is 9.59 Å². The highest BCUT2D eigenvalue weighted by molar-refractivity contribution is 5.75. The number of ether oxygens (including phenoxy) is 2. The Balaban J connectivity index is 1.92. The minimum absolute atomic E-state index is 0.181. The monoisotopic (exact) mass is 384 g/mol. The van der Waals surface area contributed by atoms with Crippen LogP contribution >= 0.6 is 0 Å². The molecule has 8 nitrogen and oxygen atoms in total. The smallest absolute Gasteiger partial charge is 0.220 e. The normalized spacial score (nSPS) is 17.9. The lowest BCUT2D eigenvalue weighted by Crippen LogP contribution is -2.46. The van der Waals surface area contributed by atoms with Crippen LogP contribution in [0.3, 0.4) is 0 Å². The van der Waals surface area contributed by atoms with Crippen molar-refractivity contribution in [2.45, 2.75) is 26.2 Å². The molecule has 28 heavy (non-hydrogen) atoms. The lowest BCUT2D eigenvalue weighted by Gasteiger charge is -2.34. The Morgan fingerprint density at radius 2 is 1.75 bits per heavy atom. The van der Waals surface area contributed by atoms with E-state index in [0.29, 0.717) is 17.1 Å². The third-order valence-electron chi connectivity index (χ3n) is 3.99. The molecule has 0 radical (unpaired) electrons. The van der Waals surface area contributed by atoms with E-state index in [0.717, 1.165) is 5.56 Å². The molecule has 2 aromatic rings. The number of phenols is 2. The Bertz CT molecular complexity index is 940. The van der Waals surface area contributed by atoms with Crippen molar-refractivity contribution in [1.29, 1.82) is 0 Å². The molecular weight excluding hydrogens is 364 g/mol. The third kappa shape index (κ3) is 4.35. The molecule has 0 aliphatic carbocycles. The summed E-state index contributed by atoms with van der Waals surface area (Å²) in [6.45, 7) is 2.77. The number of fused-ring (bicyclic) bond motifs is 1. The van der Waals surface area contributed by atoms with Crippen LogP contribution in [0.2, 0.25) is 0 Å². The number of hydrogen-bond acceptors (Lipinski definition) is 6. The minimum atomic E-state index is -0.824. The van der Waals surface area contributed by atoms with E-state index in [4.69, 9.17) is 9.47 Å². The standard InChI is InChI=1S/C20H20N2O6/c1-11(23)21-8-7-13-3-6-17-18(9-13)27-19(20(28-17)22-12(2)24)14-4-5-15(25)16(26)10-14/h3-10,19-20,25-26H,1-2H3,(H,21,23)(H,22,24)/t19-,20+/m1/s1. The minimum Gasteiger partial charge on any atom is -0.504 e. The molecule has 1 heterocycles. The van der Waals surface area contributed by atoms with Crippen molar-refractivity contribution in [2.24, 2.45) is 0 Å². The van der Waals surface area contributed by atoms with E-state index in [1.165, 1.54) is 32.2 Å².